The summed E-state index contributed by atoms with van der Waals surface area (Å²) in [5.41, 5.74) is 3.19. The molecule has 3 aromatic carbocycles. The van der Waals surface area contributed by atoms with Crippen molar-refractivity contribution in [1.82, 2.24) is 14.8 Å². The molecule has 0 spiro atoms. The lowest BCUT2D eigenvalue weighted by molar-refractivity contribution is -0.115. The van der Waals surface area contributed by atoms with E-state index in [1.54, 1.807) is 26.2 Å². The molecule has 0 radical (unpaired) electrons. The van der Waals surface area contributed by atoms with E-state index in [1.165, 1.54) is 23.9 Å². The minimum Gasteiger partial charge on any atom is -0.495 e. The number of benzene rings is 3. The molecule has 6 nitrogen and oxygen atoms in total. The number of hydrogen-bond donors (Lipinski definition) is 1. The number of hydrogen-bond acceptors (Lipinski definition) is 5. The van der Waals surface area contributed by atoms with Crippen molar-refractivity contribution in [3.05, 3.63) is 84.2 Å². The molecule has 4 rings (SSSR count). The van der Waals surface area contributed by atoms with Crippen molar-refractivity contribution in [2.75, 3.05) is 12.4 Å². The Balaban J connectivity index is 1.64. The third-order valence-corrected chi connectivity index (χ3v) is 6.06. The van der Waals surface area contributed by atoms with E-state index in [1.807, 2.05) is 60.0 Å². The quantitative estimate of drug-likeness (QED) is 0.367. The Kier molecular flexibility index (Phi) is 6.74. The summed E-state index contributed by atoms with van der Waals surface area (Å²) in [5.74, 6) is 0.672. The third-order valence-electron chi connectivity index (χ3n) is 5.01. The molecule has 0 bridgehead atoms. The van der Waals surface area contributed by atoms with Crippen LogP contribution in [-0.4, -0.2) is 33.0 Å². The van der Waals surface area contributed by atoms with Crippen LogP contribution >= 0.6 is 11.8 Å². The average molecular weight is 463 g/mol. The second kappa shape index (κ2) is 9.87. The summed E-state index contributed by atoms with van der Waals surface area (Å²) in [6.45, 7) is 3.75. The predicted octanol–water partition coefficient (Wildman–Crippen LogP) is 5.51. The summed E-state index contributed by atoms with van der Waals surface area (Å²) in [5, 5.41) is 11.7. The molecule has 1 atom stereocenters. The summed E-state index contributed by atoms with van der Waals surface area (Å²) < 4.78 is 20.7. The van der Waals surface area contributed by atoms with Crippen LogP contribution in [0.5, 0.6) is 5.75 Å². The van der Waals surface area contributed by atoms with E-state index in [4.69, 9.17) is 4.74 Å². The van der Waals surface area contributed by atoms with Crippen LogP contribution in [0.25, 0.3) is 17.1 Å². The van der Waals surface area contributed by atoms with E-state index in [9.17, 15) is 9.18 Å². The third kappa shape index (κ3) is 5.06. The van der Waals surface area contributed by atoms with Gasteiger partial charge in [0.1, 0.15) is 11.6 Å². The minimum absolute atomic E-state index is 0.196. The van der Waals surface area contributed by atoms with Crippen LogP contribution in [-0.2, 0) is 4.79 Å². The van der Waals surface area contributed by atoms with Gasteiger partial charge in [0.05, 0.1) is 18.0 Å². The Morgan fingerprint density at radius 2 is 1.79 bits per heavy atom. The van der Waals surface area contributed by atoms with Crippen molar-refractivity contribution < 1.29 is 13.9 Å². The molecule has 0 fully saturated rings. The van der Waals surface area contributed by atoms with Gasteiger partial charge in [-0.25, -0.2) is 4.39 Å². The zero-order valence-corrected chi connectivity index (χ0v) is 19.3. The zero-order chi connectivity index (χ0) is 23.4. The van der Waals surface area contributed by atoms with E-state index in [2.05, 4.69) is 15.5 Å². The molecule has 1 N–H and O–H groups in total. The lowest BCUT2D eigenvalue weighted by Gasteiger charge is -2.15. The average Bonchev–Trinajstić information content (AvgIpc) is 3.23. The number of aryl methyl sites for hydroxylation is 1. The number of aromatic nitrogens is 3. The summed E-state index contributed by atoms with van der Waals surface area (Å²) in [6.07, 6.45) is 0. The summed E-state index contributed by atoms with van der Waals surface area (Å²) in [7, 11) is 1.56. The Hall–Kier alpha value is -3.65. The van der Waals surface area contributed by atoms with Gasteiger partial charge >= 0.3 is 0 Å². The number of methoxy groups -OCH3 is 1. The van der Waals surface area contributed by atoms with Crippen LogP contribution in [0.3, 0.4) is 0 Å². The Morgan fingerprint density at radius 3 is 2.48 bits per heavy atom. The first-order valence-corrected chi connectivity index (χ1v) is 11.2. The van der Waals surface area contributed by atoms with Gasteiger partial charge in [0, 0.05) is 11.3 Å². The number of nitrogens with zero attached hydrogens (tertiary/aromatic N) is 3. The smallest absolute Gasteiger partial charge is 0.237 e. The van der Waals surface area contributed by atoms with Gasteiger partial charge in [-0.2, -0.15) is 0 Å². The van der Waals surface area contributed by atoms with Gasteiger partial charge in [-0.3, -0.25) is 9.36 Å². The van der Waals surface area contributed by atoms with Crippen LogP contribution in [0.2, 0.25) is 0 Å². The second-order valence-corrected chi connectivity index (χ2v) is 8.75. The molecule has 4 aromatic rings. The molecule has 0 saturated heterocycles. The first-order chi connectivity index (χ1) is 16.0. The first-order valence-electron chi connectivity index (χ1n) is 10.3. The maximum Gasteiger partial charge on any atom is 0.237 e. The van der Waals surface area contributed by atoms with Gasteiger partial charge < -0.3 is 10.1 Å². The Bertz CT molecular complexity index is 1260. The fraction of sp³-hybridized carbons (Fsp3) is 0.160. The molecule has 168 valence electrons. The largest absolute Gasteiger partial charge is 0.495 e. The van der Waals surface area contributed by atoms with Crippen molar-refractivity contribution in [3.8, 4) is 22.8 Å². The van der Waals surface area contributed by atoms with Crippen LogP contribution in [0, 0.1) is 12.7 Å². The second-order valence-electron chi connectivity index (χ2n) is 7.44. The van der Waals surface area contributed by atoms with Crippen molar-refractivity contribution in [1.29, 1.82) is 0 Å². The van der Waals surface area contributed by atoms with E-state index in [0.29, 0.717) is 28.1 Å². The highest BCUT2D eigenvalue weighted by Gasteiger charge is 2.22. The monoisotopic (exact) mass is 462 g/mol. The van der Waals surface area contributed by atoms with Gasteiger partial charge in [0.15, 0.2) is 11.0 Å². The molecule has 1 heterocycles. The van der Waals surface area contributed by atoms with E-state index < -0.39 is 5.25 Å². The Morgan fingerprint density at radius 1 is 1.06 bits per heavy atom. The normalized spacial score (nSPS) is 11.8. The van der Waals surface area contributed by atoms with E-state index in [-0.39, 0.29) is 11.7 Å². The van der Waals surface area contributed by atoms with Crippen LogP contribution < -0.4 is 10.1 Å². The predicted molar refractivity (Wildman–Crippen MR) is 128 cm³/mol. The molecular formula is C25H23FN4O2S. The number of nitrogens with one attached hydrogen (secondary N) is 1. The number of thioether (sulfide) groups is 1. The maximum absolute atomic E-state index is 13.6. The number of halogens is 1. The number of rotatable bonds is 7. The SMILES string of the molecule is COc1ccc(C)cc1NC(=O)C(C)Sc1nnc(-c2ccccc2)n1-c1ccc(F)cc1. The molecular weight excluding hydrogens is 439 g/mol. The minimum atomic E-state index is -0.484. The highest BCUT2D eigenvalue weighted by molar-refractivity contribution is 8.00. The molecule has 1 unspecified atom stereocenters. The molecule has 8 heteroatoms. The molecule has 0 saturated carbocycles. The molecule has 0 aliphatic carbocycles. The van der Waals surface area contributed by atoms with Gasteiger partial charge in [0.25, 0.3) is 0 Å². The van der Waals surface area contributed by atoms with Gasteiger partial charge in [-0.05, 0) is 55.8 Å². The lowest BCUT2D eigenvalue weighted by atomic mass is 10.2. The number of amides is 1. The molecule has 0 aliphatic heterocycles. The topological polar surface area (TPSA) is 69.0 Å². The van der Waals surface area contributed by atoms with Crippen molar-refractivity contribution in [2.45, 2.75) is 24.3 Å². The van der Waals surface area contributed by atoms with Crippen molar-refractivity contribution in [3.63, 3.8) is 0 Å². The highest BCUT2D eigenvalue weighted by atomic mass is 32.2. The fourth-order valence-corrected chi connectivity index (χ4v) is 4.18. The molecule has 1 amide bonds. The van der Waals surface area contributed by atoms with Gasteiger partial charge in [0.2, 0.25) is 5.91 Å². The number of carbonyl (C=O) groups excluding carboxylic acids is 1. The van der Waals surface area contributed by atoms with Crippen molar-refractivity contribution >= 4 is 23.4 Å². The summed E-state index contributed by atoms with van der Waals surface area (Å²) in [6, 6.07) is 21.3. The zero-order valence-electron chi connectivity index (χ0n) is 18.4. The van der Waals surface area contributed by atoms with Crippen molar-refractivity contribution in [2.24, 2.45) is 0 Å². The standard InChI is InChI=1S/C25H23FN4O2S/c1-16-9-14-22(32-3)21(15-16)27-24(31)17(2)33-25-29-28-23(18-7-5-4-6-8-18)30(25)20-12-10-19(26)11-13-20/h4-15,17H,1-3H3,(H,27,31). The van der Waals surface area contributed by atoms with Gasteiger partial charge in [-0.1, -0.05) is 48.2 Å². The summed E-state index contributed by atoms with van der Waals surface area (Å²) in [4.78, 5) is 13.0. The first kappa shape index (κ1) is 22.5. The fourth-order valence-electron chi connectivity index (χ4n) is 3.31. The van der Waals surface area contributed by atoms with Crippen LogP contribution in [0.1, 0.15) is 12.5 Å². The lowest BCUT2D eigenvalue weighted by Crippen LogP contribution is -2.23. The molecule has 33 heavy (non-hydrogen) atoms. The summed E-state index contributed by atoms with van der Waals surface area (Å²) >= 11 is 1.27. The Labute approximate surface area is 195 Å². The highest BCUT2D eigenvalue weighted by Crippen LogP contribution is 2.31. The maximum atomic E-state index is 13.6. The van der Waals surface area contributed by atoms with E-state index in [0.717, 1.165) is 11.1 Å². The molecule has 0 aliphatic rings. The van der Waals surface area contributed by atoms with Crippen LogP contribution in [0.15, 0.2) is 78.0 Å². The van der Waals surface area contributed by atoms with Gasteiger partial charge in [-0.15, -0.1) is 10.2 Å². The number of carbonyl (C=O) groups is 1. The van der Waals surface area contributed by atoms with E-state index >= 15 is 0 Å². The molecule has 1 aromatic heterocycles. The van der Waals surface area contributed by atoms with Crippen LogP contribution in [0.4, 0.5) is 10.1 Å². The number of anilines is 1. The number of ether oxygens (including phenoxy) is 1.